The highest BCUT2D eigenvalue weighted by Crippen LogP contribution is 2.38. The molecule has 0 bridgehead atoms. The second kappa shape index (κ2) is 8.37. The Bertz CT molecular complexity index is 408. The van der Waals surface area contributed by atoms with Gasteiger partial charge in [-0.25, -0.2) is 0 Å². The van der Waals surface area contributed by atoms with Crippen LogP contribution >= 0.6 is 22.6 Å². The normalized spacial score (nSPS) is 25.8. The Hall–Kier alpha value is -0.290. The van der Waals surface area contributed by atoms with Gasteiger partial charge in [-0.15, -0.1) is 0 Å². The number of hydrogen-bond acceptors (Lipinski definition) is 2. The van der Waals surface area contributed by atoms with Gasteiger partial charge in [0.2, 0.25) is 0 Å². The van der Waals surface area contributed by atoms with Gasteiger partial charge in [-0.05, 0) is 49.3 Å². The van der Waals surface area contributed by atoms with Crippen molar-refractivity contribution in [3.05, 3.63) is 29.8 Å². The molecule has 1 saturated carbocycles. The first kappa shape index (κ1) is 17.1. The monoisotopic (exact) mass is 402 g/mol. The standard InChI is InChI=1S/C18H27IO2/c1-3-4-15-9-11-18(14-19,12-10-15)21-13-16-5-7-17(20-2)8-6-16/h5-8,15H,3-4,9-14H2,1-2H3. The van der Waals surface area contributed by atoms with Crippen molar-refractivity contribution >= 4 is 22.6 Å². The van der Waals surface area contributed by atoms with Crippen LogP contribution in [0.3, 0.4) is 0 Å². The minimum absolute atomic E-state index is 0.102. The molecule has 1 fully saturated rings. The van der Waals surface area contributed by atoms with Crippen LogP contribution in [0, 0.1) is 5.92 Å². The molecule has 0 spiro atoms. The van der Waals surface area contributed by atoms with Crippen molar-refractivity contribution in [2.75, 3.05) is 11.5 Å². The molecule has 118 valence electrons. The number of ether oxygens (including phenoxy) is 2. The molecule has 0 unspecified atom stereocenters. The van der Waals surface area contributed by atoms with Crippen molar-refractivity contribution in [2.45, 2.75) is 57.7 Å². The molecule has 1 aliphatic rings. The zero-order valence-corrected chi connectivity index (χ0v) is 15.4. The van der Waals surface area contributed by atoms with Crippen LogP contribution in [0.4, 0.5) is 0 Å². The molecule has 2 rings (SSSR count). The number of rotatable bonds is 7. The van der Waals surface area contributed by atoms with Gasteiger partial charge in [0, 0.05) is 4.43 Å². The van der Waals surface area contributed by atoms with E-state index in [-0.39, 0.29) is 5.60 Å². The van der Waals surface area contributed by atoms with Gasteiger partial charge in [0.05, 0.1) is 19.3 Å². The maximum absolute atomic E-state index is 6.36. The summed E-state index contributed by atoms with van der Waals surface area (Å²) in [6.45, 7) is 3.01. The number of halogens is 1. The maximum atomic E-state index is 6.36. The van der Waals surface area contributed by atoms with Crippen LogP contribution in [0.25, 0.3) is 0 Å². The lowest BCUT2D eigenvalue weighted by Gasteiger charge is -2.39. The quantitative estimate of drug-likeness (QED) is 0.451. The fraction of sp³-hybridized carbons (Fsp3) is 0.667. The van der Waals surface area contributed by atoms with Gasteiger partial charge >= 0.3 is 0 Å². The Labute approximate surface area is 142 Å². The van der Waals surface area contributed by atoms with Crippen molar-refractivity contribution in [3.63, 3.8) is 0 Å². The first-order valence-electron chi connectivity index (χ1n) is 8.04. The summed E-state index contributed by atoms with van der Waals surface area (Å²) < 4.78 is 12.7. The van der Waals surface area contributed by atoms with E-state index in [1.165, 1.54) is 44.1 Å². The molecule has 1 aromatic rings. The number of hydrogen-bond donors (Lipinski definition) is 0. The van der Waals surface area contributed by atoms with Crippen LogP contribution in [0.15, 0.2) is 24.3 Å². The molecular formula is C18H27IO2. The first-order valence-corrected chi connectivity index (χ1v) is 9.57. The van der Waals surface area contributed by atoms with Gasteiger partial charge < -0.3 is 9.47 Å². The van der Waals surface area contributed by atoms with E-state index in [9.17, 15) is 0 Å². The van der Waals surface area contributed by atoms with Gasteiger partial charge in [0.1, 0.15) is 5.75 Å². The molecule has 0 amide bonds. The minimum atomic E-state index is 0.102. The van der Waals surface area contributed by atoms with Crippen LogP contribution in [0.2, 0.25) is 0 Å². The topological polar surface area (TPSA) is 18.5 Å². The number of benzene rings is 1. The highest BCUT2D eigenvalue weighted by atomic mass is 127. The molecule has 3 heteroatoms. The van der Waals surface area contributed by atoms with Gasteiger partial charge in [-0.1, -0.05) is 54.5 Å². The molecule has 1 aromatic carbocycles. The smallest absolute Gasteiger partial charge is 0.118 e. The van der Waals surface area contributed by atoms with E-state index < -0.39 is 0 Å². The molecule has 0 aliphatic heterocycles. The van der Waals surface area contributed by atoms with Crippen molar-refractivity contribution in [1.82, 2.24) is 0 Å². The van der Waals surface area contributed by atoms with Gasteiger partial charge in [-0.3, -0.25) is 0 Å². The predicted molar refractivity (Wildman–Crippen MR) is 96.3 cm³/mol. The Morgan fingerprint density at radius 3 is 2.38 bits per heavy atom. The molecule has 1 aliphatic carbocycles. The van der Waals surface area contributed by atoms with Crippen LogP contribution in [-0.4, -0.2) is 17.1 Å². The van der Waals surface area contributed by atoms with Crippen molar-refractivity contribution in [1.29, 1.82) is 0 Å². The largest absolute Gasteiger partial charge is 0.497 e. The summed E-state index contributed by atoms with van der Waals surface area (Å²) in [7, 11) is 1.70. The highest BCUT2D eigenvalue weighted by molar-refractivity contribution is 14.1. The van der Waals surface area contributed by atoms with Crippen LogP contribution in [-0.2, 0) is 11.3 Å². The molecule has 0 saturated heterocycles. The second-order valence-corrected chi connectivity index (χ2v) is 6.95. The lowest BCUT2D eigenvalue weighted by molar-refractivity contribution is -0.0693. The van der Waals surface area contributed by atoms with Crippen molar-refractivity contribution < 1.29 is 9.47 Å². The first-order chi connectivity index (χ1) is 10.2. The summed E-state index contributed by atoms with van der Waals surface area (Å²) in [6, 6.07) is 8.21. The van der Waals surface area contributed by atoms with Gasteiger partial charge in [-0.2, -0.15) is 0 Å². The third-order valence-electron chi connectivity index (χ3n) is 4.66. The lowest BCUT2D eigenvalue weighted by atomic mass is 9.78. The average Bonchev–Trinajstić information content (AvgIpc) is 2.55. The van der Waals surface area contributed by atoms with Crippen LogP contribution in [0.5, 0.6) is 5.75 Å². The zero-order chi connectivity index (χ0) is 15.1. The third kappa shape index (κ3) is 4.85. The third-order valence-corrected chi connectivity index (χ3v) is 6.05. The van der Waals surface area contributed by atoms with E-state index >= 15 is 0 Å². The Morgan fingerprint density at radius 1 is 1.19 bits per heavy atom. The highest BCUT2D eigenvalue weighted by Gasteiger charge is 2.35. The summed E-state index contributed by atoms with van der Waals surface area (Å²) in [4.78, 5) is 0. The lowest BCUT2D eigenvalue weighted by Crippen LogP contribution is -2.38. The van der Waals surface area contributed by atoms with Crippen LogP contribution < -0.4 is 4.74 Å². The molecule has 0 heterocycles. The number of alkyl halides is 1. The second-order valence-electron chi connectivity index (χ2n) is 6.19. The molecule has 21 heavy (non-hydrogen) atoms. The molecule has 0 atom stereocenters. The van der Waals surface area contributed by atoms with E-state index in [1.807, 2.05) is 12.1 Å². The Kier molecular flexibility index (Phi) is 6.80. The van der Waals surface area contributed by atoms with E-state index in [0.29, 0.717) is 6.61 Å². The summed E-state index contributed by atoms with van der Waals surface area (Å²) in [5.74, 6) is 1.83. The maximum Gasteiger partial charge on any atom is 0.118 e. The Balaban J connectivity index is 1.87. The molecular weight excluding hydrogens is 375 g/mol. The minimum Gasteiger partial charge on any atom is -0.497 e. The Morgan fingerprint density at radius 2 is 1.86 bits per heavy atom. The van der Waals surface area contributed by atoms with E-state index in [0.717, 1.165) is 16.1 Å². The van der Waals surface area contributed by atoms with Gasteiger partial charge in [0.25, 0.3) is 0 Å². The van der Waals surface area contributed by atoms with Gasteiger partial charge in [0.15, 0.2) is 0 Å². The summed E-state index contributed by atoms with van der Waals surface area (Å²) in [5, 5.41) is 0. The predicted octanol–water partition coefficient (Wildman–Crippen LogP) is 5.38. The summed E-state index contributed by atoms with van der Waals surface area (Å²) >= 11 is 2.50. The van der Waals surface area contributed by atoms with E-state index in [4.69, 9.17) is 9.47 Å². The molecule has 2 nitrogen and oxygen atoms in total. The van der Waals surface area contributed by atoms with E-state index in [1.54, 1.807) is 7.11 Å². The van der Waals surface area contributed by atoms with Crippen molar-refractivity contribution in [2.24, 2.45) is 5.92 Å². The number of methoxy groups -OCH3 is 1. The van der Waals surface area contributed by atoms with Crippen molar-refractivity contribution in [3.8, 4) is 5.75 Å². The zero-order valence-electron chi connectivity index (χ0n) is 13.2. The van der Waals surface area contributed by atoms with Crippen LogP contribution in [0.1, 0.15) is 51.0 Å². The fourth-order valence-electron chi connectivity index (χ4n) is 3.18. The molecule has 0 aromatic heterocycles. The van der Waals surface area contributed by atoms with E-state index in [2.05, 4.69) is 41.6 Å². The molecule has 0 radical (unpaired) electrons. The fourth-order valence-corrected chi connectivity index (χ4v) is 4.16. The summed E-state index contributed by atoms with van der Waals surface area (Å²) in [6.07, 6.45) is 7.80. The summed E-state index contributed by atoms with van der Waals surface area (Å²) in [5.41, 5.74) is 1.33. The molecule has 0 N–H and O–H groups in total. The SMILES string of the molecule is CCCC1CCC(CI)(OCc2ccc(OC)cc2)CC1. The average molecular weight is 402 g/mol.